The number of aromatic amines is 1. The molecule has 2 aromatic carbocycles. The van der Waals surface area contributed by atoms with E-state index in [1.54, 1.807) is 10.3 Å². The Balaban J connectivity index is 1.63. The number of aromatic nitrogens is 2. The van der Waals surface area contributed by atoms with Gasteiger partial charge in [-0.15, -0.1) is 11.3 Å². The molecular weight excluding hydrogens is 470 g/mol. The summed E-state index contributed by atoms with van der Waals surface area (Å²) in [4.78, 5) is 40.4. The fourth-order valence-electron chi connectivity index (χ4n) is 3.67. The number of nitrogens with zero attached hydrogens (tertiary/aromatic N) is 2. The number of anilines is 1. The number of amides is 1. The number of carbonyl (C=O) groups excluding carboxylic acids is 1. The highest BCUT2D eigenvalue weighted by molar-refractivity contribution is 7.14. The van der Waals surface area contributed by atoms with Crippen LogP contribution in [-0.4, -0.2) is 26.3 Å². The number of H-pyrrole nitrogens is 1. The Labute approximate surface area is 204 Å². The summed E-state index contributed by atoms with van der Waals surface area (Å²) in [5, 5.41) is 11.7. The van der Waals surface area contributed by atoms with E-state index in [0.29, 0.717) is 17.2 Å². The van der Waals surface area contributed by atoms with Crippen molar-refractivity contribution in [3.63, 3.8) is 0 Å². The molecule has 0 saturated heterocycles. The number of carboxylic acid groups (broad SMARTS) is 1. The molecule has 9 heteroatoms. The van der Waals surface area contributed by atoms with Crippen LogP contribution in [0.1, 0.15) is 42.1 Å². The van der Waals surface area contributed by atoms with Gasteiger partial charge in [0.1, 0.15) is 5.00 Å². The van der Waals surface area contributed by atoms with Crippen LogP contribution in [0.3, 0.4) is 0 Å². The molecule has 4 rings (SSSR count). The molecule has 0 saturated carbocycles. The van der Waals surface area contributed by atoms with Crippen molar-refractivity contribution >= 4 is 39.7 Å². The summed E-state index contributed by atoms with van der Waals surface area (Å²) in [6.45, 7) is 2.30. The van der Waals surface area contributed by atoms with E-state index in [1.807, 2.05) is 55.5 Å². The molecule has 2 heterocycles. The van der Waals surface area contributed by atoms with Crippen molar-refractivity contribution < 1.29 is 14.7 Å². The molecule has 0 aliphatic carbocycles. The first-order valence-electron chi connectivity index (χ1n) is 10.8. The molecule has 0 radical (unpaired) electrons. The summed E-state index contributed by atoms with van der Waals surface area (Å²) in [6, 6.07) is 17.0. The maximum Gasteiger partial charge on any atom is 0.338 e. The van der Waals surface area contributed by atoms with Crippen LogP contribution in [0.15, 0.2) is 64.8 Å². The first kappa shape index (κ1) is 23.6. The maximum atomic E-state index is 13.0. The average Bonchev–Trinajstić information content (AvgIpc) is 3.51. The number of carbonyl (C=O) groups is 2. The number of aromatic carboxylic acids is 1. The van der Waals surface area contributed by atoms with Crippen LogP contribution >= 0.6 is 22.9 Å². The van der Waals surface area contributed by atoms with Gasteiger partial charge in [0.2, 0.25) is 5.91 Å². The Hall–Kier alpha value is -3.56. The van der Waals surface area contributed by atoms with Crippen molar-refractivity contribution in [3.05, 3.63) is 80.8 Å². The molecule has 1 amide bonds. The molecule has 0 fully saturated rings. The van der Waals surface area contributed by atoms with E-state index in [1.165, 1.54) is 17.4 Å². The summed E-state index contributed by atoms with van der Waals surface area (Å²) in [6.07, 6.45) is 2.00. The van der Waals surface area contributed by atoms with Gasteiger partial charge in [0.05, 0.1) is 12.1 Å². The number of carboxylic acids is 1. The number of unbranched alkanes of at least 4 members (excludes halogenated alkanes) is 1. The van der Waals surface area contributed by atoms with Gasteiger partial charge in [-0.05, 0) is 34.6 Å². The number of hydrogen-bond acceptors (Lipinski definition) is 6. The highest BCUT2D eigenvalue weighted by Crippen LogP contribution is 2.32. The fourth-order valence-corrected chi connectivity index (χ4v) is 5.04. The second kappa shape index (κ2) is 10.6. The van der Waals surface area contributed by atoms with Crippen molar-refractivity contribution in [2.75, 3.05) is 4.90 Å². The van der Waals surface area contributed by atoms with Gasteiger partial charge in [-0.2, -0.15) is 4.37 Å². The van der Waals surface area contributed by atoms with Crippen LogP contribution < -0.4 is 9.77 Å². The zero-order valence-electron chi connectivity index (χ0n) is 18.5. The van der Waals surface area contributed by atoms with Gasteiger partial charge in [0.25, 0.3) is 0 Å². The van der Waals surface area contributed by atoms with Gasteiger partial charge < -0.3 is 5.11 Å². The van der Waals surface area contributed by atoms with E-state index in [-0.39, 0.29) is 22.9 Å². The summed E-state index contributed by atoms with van der Waals surface area (Å²) in [7, 11) is 0. The molecular formula is C25H23N3O4S2. The van der Waals surface area contributed by atoms with E-state index in [0.717, 1.165) is 46.6 Å². The Morgan fingerprint density at radius 3 is 2.44 bits per heavy atom. The topological polar surface area (TPSA) is 103 Å². The summed E-state index contributed by atoms with van der Waals surface area (Å²) in [5.41, 5.74) is 3.72. The van der Waals surface area contributed by atoms with Crippen LogP contribution in [0, 0.1) is 0 Å². The van der Waals surface area contributed by atoms with E-state index < -0.39 is 5.97 Å². The normalized spacial score (nSPS) is 10.9. The van der Waals surface area contributed by atoms with Gasteiger partial charge in [0.15, 0.2) is 5.82 Å². The van der Waals surface area contributed by atoms with Crippen molar-refractivity contribution in [1.82, 2.24) is 9.36 Å². The summed E-state index contributed by atoms with van der Waals surface area (Å²) < 4.78 is 4.21. The number of hydrogen-bond donors (Lipinski definition) is 2. The Morgan fingerprint density at radius 1 is 1.06 bits per heavy atom. The monoisotopic (exact) mass is 493 g/mol. The van der Waals surface area contributed by atoms with Gasteiger partial charge in [-0.3, -0.25) is 19.5 Å². The molecule has 0 unspecified atom stereocenters. The number of nitrogens with one attached hydrogen (secondary N) is 1. The molecule has 7 nitrogen and oxygen atoms in total. The third-order valence-corrected chi connectivity index (χ3v) is 6.87. The zero-order chi connectivity index (χ0) is 24.1. The van der Waals surface area contributed by atoms with Crippen LogP contribution in [0.25, 0.3) is 22.5 Å². The van der Waals surface area contributed by atoms with Gasteiger partial charge in [-0.1, -0.05) is 61.9 Å². The predicted octanol–water partition coefficient (Wildman–Crippen LogP) is 5.65. The largest absolute Gasteiger partial charge is 0.478 e. The number of thiophene rings is 1. The minimum absolute atomic E-state index is 0.0892. The third kappa shape index (κ3) is 5.16. The highest BCUT2D eigenvalue weighted by Gasteiger charge is 2.23. The fraction of sp³-hybridized carbons (Fsp3) is 0.200. The Morgan fingerprint density at radius 2 is 1.79 bits per heavy atom. The standard InChI is InChI=1S/C25H23N3O4S2/c1-2-3-8-21(29)28(23-20(24(30)31)13-14-33-23)15-16-9-11-17(12-10-16)18-6-4-5-7-19(18)22-26-25(32)34-27-22/h4-7,9-14H,2-3,8,15H2,1H3,(H,30,31)(H,26,27,32). The van der Waals surface area contributed by atoms with Crippen LogP contribution in [-0.2, 0) is 11.3 Å². The molecule has 0 atom stereocenters. The number of rotatable bonds is 9. The molecule has 2 aromatic heterocycles. The highest BCUT2D eigenvalue weighted by atomic mass is 32.1. The first-order chi connectivity index (χ1) is 16.5. The van der Waals surface area contributed by atoms with E-state index in [9.17, 15) is 19.5 Å². The lowest BCUT2D eigenvalue weighted by Gasteiger charge is -2.22. The second-order valence-electron chi connectivity index (χ2n) is 7.71. The molecule has 4 aromatic rings. The average molecular weight is 494 g/mol. The molecule has 0 bridgehead atoms. The number of benzene rings is 2. The minimum Gasteiger partial charge on any atom is -0.478 e. The third-order valence-electron chi connectivity index (χ3n) is 5.39. The van der Waals surface area contributed by atoms with Crippen molar-refractivity contribution in [2.45, 2.75) is 32.7 Å². The van der Waals surface area contributed by atoms with Crippen LogP contribution in [0.2, 0.25) is 0 Å². The summed E-state index contributed by atoms with van der Waals surface area (Å²) in [5.74, 6) is -0.605. The molecule has 174 valence electrons. The zero-order valence-corrected chi connectivity index (χ0v) is 20.1. The molecule has 0 aliphatic rings. The lowest BCUT2D eigenvalue weighted by atomic mass is 9.98. The summed E-state index contributed by atoms with van der Waals surface area (Å²) >= 11 is 2.14. The molecule has 0 spiro atoms. The first-order valence-corrected chi connectivity index (χ1v) is 12.5. The van der Waals surface area contributed by atoms with Gasteiger partial charge >= 0.3 is 10.8 Å². The SMILES string of the molecule is CCCCC(=O)N(Cc1ccc(-c2ccccc2-c2nsc(=O)[nH]2)cc1)c1sccc1C(=O)O. The lowest BCUT2D eigenvalue weighted by Crippen LogP contribution is -2.30. The second-order valence-corrected chi connectivity index (χ2v) is 9.34. The van der Waals surface area contributed by atoms with Crippen molar-refractivity contribution in [2.24, 2.45) is 0 Å². The van der Waals surface area contributed by atoms with E-state index in [4.69, 9.17) is 0 Å². The molecule has 2 N–H and O–H groups in total. The van der Waals surface area contributed by atoms with E-state index >= 15 is 0 Å². The predicted molar refractivity (Wildman–Crippen MR) is 136 cm³/mol. The van der Waals surface area contributed by atoms with Crippen molar-refractivity contribution in [3.8, 4) is 22.5 Å². The maximum absolute atomic E-state index is 13.0. The minimum atomic E-state index is -1.04. The van der Waals surface area contributed by atoms with Crippen LogP contribution in [0.5, 0.6) is 0 Å². The molecule has 0 aliphatic heterocycles. The Bertz CT molecular complexity index is 1350. The van der Waals surface area contributed by atoms with Crippen LogP contribution in [0.4, 0.5) is 5.00 Å². The van der Waals surface area contributed by atoms with Gasteiger partial charge in [0, 0.05) is 23.5 Å². The molecule has 34 heavy (non-hydrogen) atoms. The van der Waals surface area contributed by atoms with E-state index in [2.05, 4.69) is 9.36 Å². The Kier molecular flexibility index (Phi) is 7.34. The lowest BCUT2D eigenvalue weighted by molar-refractivity contribution is -0.118. The smallest absolute Gasteiger partial charge is 0.338 e. The van der Waals surface area contributed by atoms with Gasteiger partial charge in [-0.25, -0.2) is 4.79 Å². The van der Waals surface area contributed by atoms with Crippen molar-refractivity contribution in [1.29, 1.82) is 0 Å². The quantitative estimate of drug-likeness (QED) is 0.314.